The maximum atomic E-state index is 12.8. The van der Waals surface area contributed by atoms with Crippen molar-refractivity contribution in [3.05, 3.63) is 0 Å². The van der Waals surface area contributed by atoms with E-state index >= 15 is 0 Å². The Bertz CT molecular complexity index is 1020. The lowest BCUT2D eigenvalue weighted by Crippen LogP contribution is -2.61. The van der Waals surface area contributed by atoms with Crippen molar-refractivity contribution in [2.45, 2.75) is 229 Å². The maximum absolute atomic E-state index is 12.8. The molecule has 0 saturated carbocycles. The average molecular weight is 823 g/mol. The third kappa shape index (κ3) is 21.0. The minimum atomic E-state index is -1.76. The molecule has 0 amide bonds. The first-order valence-corrected chi connectivity index (χ1v) is 22.1. The Hall–Kier alpha value is -1.50. The maximum Gasteiger partial charge on any atom is 0.306 e. The first-order chi connectivity index (χ1) is 27.5. The number of aliphatic hydroxyl groups is 7. The fourth-order valence-electron chi connectivity index (χ4n) is 7.10. The Morgan fingerprint density at radius 3 is 1.37 bits per heavy atom. The molecule has 0 radical (unpaired) electrons. The standard InChI is InChI=1S/C42H78O15/c1-3-5-7-9-11-13-14-15-16-17-19-20-22-24-33(44)52-27-30(55-34(45)25-23-21-18-12-10-8-6-4-2)28-53-41-40(51)38(49)36(47)32(57-41)29-54-42-39(50)37(48)35(46)31(26-43)56-42/h30-32,35-43,46-51H,3-29H2,1-2H3/t30-,31-,32-,35+,36+,37+,38+,39-,40-,41-,42+/m1/s1. The van der Waals surface area contributed by atoms with Crippen molar-refractivity contribution in [2.24, 2.45) is 0 Å². The first-order valence-electron chi connectivity index (χ1n) is 22.1. The van der Waals surface area contributed by atoms with Crippen molar-refractivity contribution < 1.29 is 73.8 Å². The molecule has 0 spiro atoms. The van der Waals surface area contributed by atoms with Crippen LogP contribution in [0.1, 0.15) is 162 Å². The van der Waals surface area contributed by atoms with E-state index in [4.69, 9.17) is 28.4 Å². The summed E-state index contributed by atoms with van der Waals surface area (Å²) in [6, 6.07) is 0. The number of rotatable bonds is 33. The van der Waals surface area contributed by atoms with E-state index in [2.05, 4.69) is 13.8 Å². The summed E-state index contributed by atoms with van der Waals surface area (Å²) >= 11 is 0. The second kappa shape index (κ2) is 31.4. The van der Waals surface area contributed by atoms with Crippen LogP contribution in [-0.4, -0.2) is 142 Å². The number of aliphatic hydroxyl groups excluding tert-OH is 7. The smallest absolute Gasteiger partial charge is 0.306 e. The van der Waals surface area contributed by atoms with Gasteiger partial charge >= 0.3 is 11.9 Å². The van der Waals surface area contributed by atoms with Gasteiger partial charge in [0.2, 0.25) is 0 Å². The Morgan fingerprint density at radius 2 is 0.895 bits per heavy atom. The van der Waals surface area contributed by atoms with E-state index in [0.717, 1.165) is 38.5 Å². The number of carbonyl (C=O) groups excluding carboxylic acids is 2. The fraction of sp³-hybridized carbons (Fsp3) is 0.952. The normalized spacial score (nSPS) is 28.3. The molecule has 2 saturated heterocycles. The molecule has 2 rings (SSSR count). The molecule has 0 aliphatic carbocycles. The monoisotopic (exact) mass is 823 g/mol. The van der Waals surface area contributed by atoms with Crippen molar-refractivity contribution in [2.75, 3.05) is 26.4 Å². The molecule has 2 fully saturated rings. The zero-order chi connectivity index (χ0) is 41.8. The van der Waals surface area contributed by atoms with Crippen LogP contribution in [0.2, 0.25) is 0 Å². The largest absolute Gasteiger partial charge is 0.462 e. The third-order valence-electron chi connectivity index (χ3n) is 10.8. The van der Waals surface area contributed by atoms with E-state index in [1.54, 1.807) is 0 Å². The first kappa shape index (κ1) is 51.6. The van der Waals surface area contributed by atoms with Crippen molar-refractivity contribution in [3.8, 4) is 0 Å². The quantitative estimate of drug-likeness (QED) is 0.0365. The van der Waals surface area contributed by atoms with Crippen molar-refractivity contribution >= 4 is 11.9 Å². The molecule has 2 aliphatic heterocycles. The van der Waals surface area contributed by atoms with E-state index in [9.17, 15) is 45.3 Å². The van der Waals surface area contributed by atoms with Crippen LogP contribution >= 0.6 is 0 Å². The Morgan fingerprint density at radius 1 is 0.491 bits per heavy atom. The summed E-state index contributed by atoms with van der Waals surface area (Å²) in [5.41, 5.74) is 0. The van der Waals surface area contributed by atoms with Crippen molar-refractivity contribution in [1.82, 2.24) is 0 Å². The van der Waals surface area contributed by atoms with Crippen LogP contribution in [0.3, 0.4) is 0 Å². The number of carbonyl (C=O) groups is 2. The SMILES string of the molecule is CCCCCCCCCCCCCCCC(=O)OC[C@H](CO[C@@H]1O[C@H](CO[C@H]2O[C@H](CO)[C@H](O)[C@H](O)[C@H]2O)[C@H](O)[C@H](O)[C@H]1O)OC(=O)CCCCCCCCCC. The zero-order valence-electron chi connectivity index (χ0n) is 34.8. The number of hydrogen-bond acceptors (Lipinski definition) is 15. The minimum absolute atomic E-state index is 0.170. The highest BCUT2D eigenvalue weighted by Gasteiger charge is 2.47. The Balaban J connectivity index is 1.85. The summed E-state index contributed by atoms with van der Waals surface area (Å²) in [4.78, 5) is 25.5. The molecule has 0 bridgehead atoms. The number of esters is 2. The lowest BCUT2D eigenvalue weighted by atomic mass is 9.98. The zero-order valence-corrected chi connectivity index (χ0v) is 34.8. The van der Waals surface area contributed by atoms with E-state index in [0.29, 0.717) is 12.8 Å². The molecular weight excluding hydrogens is 744 g/mol. The van der Waals surface area contributed by atoms with Gasteiger partial charge in [-0.25, -0.2) is 0 Å². The highest BCUT2D eigenvalue weighted by atomic mass is 16.7. The number of unbranched alkanes of at least 4 members (excludes halogenated alkanes) is 19. The van der Waals surface area contributed by atoms with Crippen molar-refractivity contribution in [1.29, 1.82) is 0 Å². The van der Waals surface area contributed by atoms with Crippen LogP contribution < -0.4 is 0 Å². The van der Waals surface area contributed by atoms with Gasteiger partial charge in [0.1, 0.15) is 55.4 Å². The summed E-state index contributed by atoms with van der Waals surface area (Å²) in [6.07, 6.45) is 7.41. The number of ether oxygens (including phenoxy) is 6. The van der Waals surface area contributed by atoms with Crippen LogP contribution in [0.15, 0.2) is 0 Å². The van der Waals surface area contributed by atoms with Crippen LogP contribution in [0.5, 0.6) is 0 Å². The highest BCUT2D eigenvalue weighted by molar-refractivity contribution is 5.70. The second-order valence-corrected chi connectivity index (χ2v) is 15.9. The lowest BCUT2D eigenvalue weighted by Gasteiger charge is -2.42. The van der Waals surface area contributed by atoms with E-state index < -0.39 is 92.7 Å². The van der Waals surface area contributed by atoms with Gasteiger partial charge in [0, 0.05) is 12.8 Å². The van der Waals surface area contributed by atoms with Gasteiger partial charge in [-0.15, -0.1) is 0 Å². The summed E-state index contributed by atoms with van der Waals surface area (Å²) < 4.78 is 33.3. The topological polar surface area (TPSA) is 231 Å². The summed E-state index contributed by atoms with van der Waals surface area (Å²) in [5, 5.41) is 71.7. The lowest BCUT2D eigenvalue weighted by molar-refractivity contribution is -0.332. The van der Waals surface area contributed by atoms with E-state index in [1.165, 1.54) is 83.5 Å². The van der Waals surface area contributed by atoms with Gasteiger partial charge in [0.15, 0.2) is 18.7 Å². The number of hydrogen-bond donors (Lipinski definition) is 7. The molecule has 15 nitrogen and oxygen atoms in total. The molecule has 0 aromatic carbocycles. The van der Waals surface area contributed by atoms with Gasteiger partial charge in [0.25, 0.3) is 0 Å². The molecule has 7 N–H and O–H groups in total. The predicted octanol–water partition coefficient (Wildman–Crippen LogP) is 4.09. The molecule has 2 aliphatic rings. The average Bonchev–Trinajstić information content (AvgIpc) is 3.20. The van der Waals surface area contributed by atoms with Crippen LogP contribution in [0.25, 0.3) is 0 Å². The predicted molar refractivity (Wildman–Crippen MR) is 211 cm³/mol. The molecule has 57 heavy (non-hydrogen) atoms. The molecule has 2 heterocycles. The van der Waals surface area contributed by atoms with Crippen LogP contribution in [0, 0.1) is 0 Å². The van der Waals surface area contributed by atoms with E-state index in [1.807, 2.05) is 0 Å². The molecule has 336 valence electrons. The van der Waals surface area contributed by atoms with Crippen LogP contribution in [-0.2, 0) is 38.0 Å². The molecule has 11 atom stereocenters. The van der Waals surface area contributed by atoms with Crippen molar-refractivity contribution in [3.63, 3.8) is 0 Å². The second-order valence-electron chi connectivity index (χ2n) is 15.9. The van der Waals surface area contributed by atoms with Crippen LogP contribution in [0.4, 0.5) is 0 Å². The fourth-order valence-corrected chi connectivity index (χ4v) is 7.10. The molecule has 0 aromatic rings. The summed E-state index contributed by atoms with van der Waals surface area (Å²) in [6.45, 7) is 2.54. The molecule has 0 aromatic heterocycles. The van der Waals surface area contributed by atoms with Gasteiger partial charge in [-0.2, -0.15) is 0 Å². The van der Waals surface area contributed by atoms with Gasteiger partial charge < -0.3 is 64.2 Å². The highest BCUT2D eigenvalue weighted by Crippen LogP contribution is 2.26. The van der Waals surface area contributed by atoms with Gasteiger partial charge in [-0.1, -0.05) is 136 Å². The Labute approximate surface area is 340 Å². The molecule has 0 unspecified atom stereocenters. The van der Waals surface area contributed by atoms with Gasteiger partial charge in [-0.05, 0) is 12.8 Å². The van der Waals surface area contributed by atoms with Gasteiger partial charge in [-0.3, -0.25) is 9.59 Å². The van der Waals surface area contributed by atoms with Gasteiger partial charge in [0.05, 0.1) is 19.8 Å². The Kier molecular flexibility index (Phi) is 28.4. The third-order valence-corrected chi connectivity index (χ3v) is 10.8. The summed E-state index contributed by atoms with van der Waals surface area (Å²) in [5.74, 6) is -0.923. The minimum Gasteiger partial charge on any atom is -0.462 e. The molecular formula is C42H78O15. The van der Waals surface area contributed by atoms with E-state index in [-0.39, 0.29) is 26.1 Å². The summed E-state index contributed by atoms with van der Waals surface area (Å²) in [7, 11) is 0. The molecule has 15 heteroatoms.